The molecule has 0 amide bonds. The zero-order valence-corrected chi connectivity index (χ0v) is 18.1. The van der Waals surface area contributed by atoms with Crippen molar-refractivity contribution in [2.24, 2.45) is 12.0 Å². The largest absolute Gasteiger partial charge is 0.356 e. The molecular formula is C19H29IN6. The summed E-state index contributed by atoms with van der Waals surface area (Å²) in [4.78, 5) is 11.4. The van der Waals surface area contributed by atoms with Gasteiger partial charge in [-0.3, -0.25) is 4.99 Å². The lowest BCUT2D eigenvalue weighted by molar-refractivity contribution is 0.459. The van der Waals surface area contributed by atoms with Crippen LogP contribution in [0.25, 0.3) is 0 Å². The van der Waals surface area contributed by atoms with Gasteiger partial charge in [0.15, 0.2) is 5.96 Å². The number of hydrogen-bond acceptors (Lipinski definition) is 3. The van der Waals surface area contributed by atoms with E-state index < -0.39 is 0 Å². The Bertz CT molecular complexity index is 718. The fraction of sp³-hybridized carbons (Fsp3) is 0.474. The fourth-order valence-electron chi connectivity index (χ4n) is 3.20. The molecule has 0 unspecified atom stereocenters. The first kappa shape index (κ1) is 20.5. The number of rotatable bonds is 4. The topological polar surface area (TPSA) is 57.5 Å². The van der Waals surface area contributed by atoms with Crippen molar-refractivity contribution in [1.82, 2.24) is 20.2 Å². The van der Waals surface area contributed by atoms with E-state index in [1.807, 2.05) is 20.0 Å². The van der Waals surface area contributed by atoms with Crippen LogP contribution in [0.4, 0.5) is 5.82 Å². The summed E-state index contributed by atoms with van der Waals surface area (Å²) in [5.74, 6) is 1.96. The number of pyridine rings is 1. The van der Waals surface area contributed by atoms with Gasteiger partial charge < -0.3 is 20.1 Å². The summed E-state index contributed by atoms with van der Waals surface area (Å²) in [6.07, 6.45) is 4.23. The molecule has 2 aromatic heterocycles. The summed E-state index contributed by atoms with van der Waals surface area (Å²) >= 11 is 0. The van der Waals surface area contributed by atoms with Gasteiger partial charge in [-0.25, -0.2) is 4.98 Å². The average molecular weight is 468 g/mol. The number of piperidine rings is 1. The molecule has 0 radical (unpaired) electrons. The minimum atomic E-state index is 0. The third-order valence-electron chi connectivity index (χ3n) is 4.75. The Hall–Kier alpha value is -1.77. The molecule has 0 aromatic carbocycles. The highest BCUT2D eigenvalue weighted by Gasteiger charge is 2.20. The monoisotopic (exact) mass is 468 g/mol. The molecule has 1 aliphatic rings. The van der Waals surface area contributed by atoms with Crippen molar-refractivity contribution < 1.29 is 0 Å². The molecule has 0 aliphatic carbocycles. The molecule has 2 aromatic rings. The van der Waals surface area contributed by atoms with Gasteiger partial charge in [-0.05, 0) is 44.0 Å². The summed E-state index contributed by atoms with van der Waals surface area (Å²) in [7, 11) is 3.88. The average Bonchev–Trinajstić information content (AvgIpc) is 3.04. The maximum atomic E-state index is 4.63. The molecule has 7 heteroatoms. The standard InChI is InChI=1S/C19H28N6.HI/c1-15-6-4-8-18(22-15)25-12-9-16(10-13-25)23-19(20-2)21-14-17-7-5-11-24(17)3;/h4-8,11,16H,9-10,12-14H2,1-3H3,(H2,20,21,23);1H. The van der Waals surface area contributed by atoms with E-state index in [-0.39, 0.29) is 24.0 Å². The van der Waals surface area contributed by atoms with Crippen LogP contribution < -0.4 is 15.5 Å². The Morgan fingerprint density at radius 3 is 2.62 bits per heavy atom. The minimum absolute atomic E-state index is 0. The normalized spacial score (nSPS) is 15.5. The van der Waals surface area contributed by atoms with Gasteiger partial charge in [-0.1, -0.05) is 6.07 Å². The number of halogens is 1. The van der Waals surface area contributed by atoms with E-state index in [0.29, 0.717) is 6.04 Å². The molecule has 0 bridgehead atoms. The number of nitrogens with one attached hydrogen (secondary N) is 2. The number of aliphatic imine (C=N–C) groups is 1. The number of aryl methyl sites for hydroxylation is 2. The van der Waals surface area contributed by atoms with Crippen LogP contribution in [-0.2, 0) is 13.6 Å². The molecule has 1 fully saturated rings. The van der Waals surface area contributed by atoms with Crippen molar-refractivity contribution in [2.45, 2.75) is 32.4 Å². The summed E-state index contributed by atoms with van der Waals surface area (Å²) < 4.78 is 2.12. The van der Waals surface area contributed by atoms with Gasteiger partial charge in [-0.2, -0.15) is 0 Å². The van der Waals surface area contributed by atoms with Crippen LogP contribution in [0.1, 0.15) is 24.2 Å². The molecular weight excluding hydrogens is 439 g/mol. The SMILES string of the molecule is CN=C(NCc1cccn1C)NC1CCN(c2cccc(C)n2)CC1.I. The number of nitrogens with zero attached hydrogens (tertiary/aromatic N) is 4. The lowest BCUT2D eigenvalue weighted by Gasteiger charge is -2.34. The van der Waals surface area contributed by atoms with Gasteiger partial charge in [-0.15, -0.1) is 24.0 Å². The van der Waals surface area contributed by atoms with E-state index in [0.717, 1.165) is 49.9 Å². The van der Waals surface area contributed by atoms with Gasteiger partial charge in [0.05, 0.1) is 6.54 Å². The van der Waals surface area contributed by atoms with E-state index in [2.05, 4.69) is 67.6 Å². The van der Waals surface area contributed by atoms with E-state index in [1.165, 1.54) is 5.69 Å². The predicted octanol–water partition coefficient (Wildman–Crippen LogP) is 2.68. The molecule has 3 heterocycles. The molecule has 26 heavy (non-hydrogen) atoms. The number of hydrogen-bond donors (Lipinski definition) is 2. The summed E-state index contributed by atoms with van der Waals surface area (Å²) in [5.41, 5.74) is 2.31. The fourth-order valence-corrected chi connectivity index (χ4v) is 3.20. The number of aromatic nitrogens is 2. The van der Waals surface area contributed by atoms with Crippen molar-refractivity contribution in [2.75, 3.05) is 25.0 Å². The van der Waals surface area contributed by atoms with E-state index >= 15 is 0 Å². The molecule has 1 saturated heterocycles. The predicted molar refractivity (Wildman–Crippen MR) is 118 cm³/mol. The maximum Gasteiger partial charge on any atom is 0.191 e. The lowest BCUT2D eigenvalue weighted by atomic mass is 10.1. The van der Waals surface area contributed by atoms with Crippen LogP contribution in [0.3, 0.4) is 0 Å². The Morgan fingerprint density at radius 1 is 1.23 bits per heavy atom. The van der Waals surface area contributed by atoms with Crippen LogP contribution in [0, 0.1) is 6.92 Å². The molecule has 1 aliphatic heterocycles. The first-order valence-corrected chi connectivity index (χ1v) is 8.91. The van der Waals surface area contributed by atoms with Crippen molar-refractivity contribution in [1.29, 1.82) is 0 Å². The molecule has 2 N–H and O–H groups in total. The van der Waals surface area contributed by atoms with Crippen LogP contribution in [0.15, 0.2) is 41.5 Å². The Balaban J connectivity index is 0.00000243. The second-order valence-corrected chi connectivity index (χ2v) is 6.58. The number of guanidine groups is 1. The third-order valence-corrected chi connectivity index (χ3v) is 4.75. The van der Waals surface area contributed by atoms with Gasteiger partial charge in [0.25, 0.3) is 0 Å². The summed E-state index contributed by atoms with van der Waals surface area (Å²) in [6.45, 7) is 4.85. The van der Waals surface area contributed by atoms with Gasteiger partial charge in [0, 0.05) is 50.8 Å². The molecule has 0 saturated carbocycles. The molecule has 3 rings (SSSR count). The lowest BCUT2D eigenvalue weighted by Crippen LogP contribution is -2.48. The summed E-state index contributed by atoms with van der Waals surface area (Å²) in [6, 6.07) is 10.8. The zero-order valence-electron chi connectivity index (χ0n) is 15.8. The van der Waals surface area contributed by atoms with Gasteiger partial charge in [0.1, 0.15) is 5.82 Å². The molecule has 142 valence electrons. The quantitative estimate of drug-likeness (QED) is 0.412. The Labute approximate surface area is 173 Å². The highest BCUT2D eigenvalue weighted by molar-refractivity contribution is 14.0. The van der Waals surface area contributed by atoms with Gasteiger partial charge >= 0.3 is 0 Å². The van der Waals surface area contributed by atoms with Crippen LogP contribution in [0.2, 0.25) is 0 Å². The molecule has 6 nitrogen and oxygen atoms in total. The third kappa shape index (κ3) is 5.36. The second kappa shape index (κ2) is 9.80. The van der Waals surface area contributed by atoms with Gasteiger partial charge in [0.2, 0.25) is 0 Å². The van der Waals surface area contributed by atoms with Crippen molar-refractivity contribution in [3.05, 3.63) is 47.9 Å². The van der Waals surface area contributed by atoms with E-state index in [4.69, 9.17) is 0 Å². The minimum Gasteiger partial charge on any atom is -0.356 e. The first-order valence-electron chi connectivity index (χ1n) is 8.91. The number of anilines is 1. The first-order chi connectivity index (χ1) is 12.2. The highest BCUT2D eigenvalue weighted by atomic mass is 127. The van der Waals surface area contributed by atoms with E-state index in [1.54, 1.807) is 0 Å². The van der Waals surface area contributed by atoms with Crippen molar-refractivity contribution >= 4 is 35.8 Å². The van der Waals surface area contributed by atoms with Crippen LogP contribution in [-0.4, -0.2) is 41.7 Å². The Morgan fingerprint density at radius 2 is 2.00 bits per heavy atom. The molecule has 0 spiro atoms. The highest BCUT2D eigenvalue weighted by Crippen LogP contribution is 2.18. The Kier molecular flexibility index (Phi) is 7.74. The van der Waals surface area contributed by atoms with Crippen LogP contribution >= 0.6 is 24.0 Å². The van der Waals surface area contributed by atoms with Crippen molar-refractivity contribution in [3.8, 4) is 0 Å². The smallest absolute Gasteiger partial charge is 0.191 e. The van der Waals surface area contributed by atoms with E-state index in [9.17, 15) is 0 Å². The molecule has 0 atom stereocenters. The maximum absolute atomic E-state index is 4.63. The van der Waals surface area contributed by atoms with Crippen molar-refractivity contribution in [3.63, 3.8) is 0 Å². The second-order valence-electron chi connectivity index (χ2n) is 6.58. The summed E-state index contributed by atoms with van der Waals surface area (Å²) in [5, 5.41) is 6.96. The van der Waals surface area contributed by atoms with Crippen LogP contribution in [0.5, 0.6) is 0 Å². The zero-order chi connectivity index (χ0) is 17.6.